The van der Waals surface area contributed by atoms with Crippen LogP contribution in [0.3, 0.4) is 0 Å². The van der Waals surface area contributed by atoms with Gasteiger partial charge in [0, 0.05) is 48.7 Å². The molecular formula is C41H41N7O4. The topological polar surface area (TPSA) is 160 Å². The van der Waals surface area contributed by atoms with E-state index in [9.17, 15) is 20.3 Å². The number of piperidine rings is 1. The predicted molar refractivity (Wildman–Crippen MR) is 201 cm³/mol. The molecule has 4 heterocycles. The van der Waals surface area contributed by atoms with Crippen LogP contribution < -0.4 is 10.6 Å². The van der Waals surface area contributed by atoms with Crippen molar-refractivity contribution in [2.75, 3.05) is 25.0 Å². The van der Waals surface area contributed by atoms with E-state index in [1.54, 1.807) is 19.2 Å². The van der Waals surface area contributed by atoms with Crippen molar-refractivity contribution >= 4 is 39.5 Å². The lowest BCUT2D eigenvalue weighted by atomic mass is 9.93. The molecule has 1 aliphatic rings. The summed E-state index contributed by atoms with van der Waals surface area (Å²) in [4.78, 5) is 27.9. The van der Waals surface area contributed by atoms with E-state index in [2.05, 4.69) is 58.6 Å². The van der Waals surface area contributed by atoms with Gasteiger partial charge in [0.2, 0.25) is 5.89 Å². The molecule has 3 aromatic carbocycles. The number of nitriles is 1. The number of aliphatic hydroxyl groups is 1. The average Bonchev–Trinajstić information content (AvgIpc) is 3.56. The van der Waals surface area contributed by atoms with Crippen molar-refractivity contribution in [3.05, 3.63) is 101 Å². The summed E-state index contributed by atoms with van der Waals surface area (Å²) in [6.07, 6.45) is 4.54. The van der Waals surface area contributed by atoms with Crippen molar-refractivity contribution in [2.24, 2.45) is 5.92 Å². The van der Waals surface area contributed by atoms with Crippen LogP contribution >= 0.6 is 0 Å². The molecule has 4 N–H and O–H groups in total. The number of carbonyl (C=O) groups is 1. The van der Waals surface area contributed by atoms with Gasteiger partial charge in [0.1, 0.15) is 17.1 Å². The summed E-state index contributed by atoms with van der Waals surface area (Å²) < 4.78 is 6.24. The second kappa shape index (κ2) is 14.9. The van der Waals surface area contributed by atoms with Crippen molar-refractivity contribution in [1.82, 2.24) is 25.2 Å². The highest BCUT2D eigenvalue weighted by Gasteiger charge is 2.25. The molecule has 1 fully saturated rings. The van der Waals surface area contributed by atoms with E-state index < -0.39 is 12.1 Å². The largest absolute Gasteiger partial charge is 0.481 e. The minimum atomic E-state index is -0.700. The second-order valence-corrected chi connectivity index (χ2v) is 13.6. The first-order valence-electron chi connectivity index (χ1n) is 17.6. The number of aromatic nitrogens is 3. The lowest BCUT2D eigenvalue weighted by Gasteiger charge is -2.29. The van der Waals surface area contributed by atoms with E-state index in [1.807, 2.05) is 42.6 Å². The van der Waals surface area contributed by atoms with E-state index in [-0.39, 0.29) is 5.92 Å². The molecule has 0 amide bonds. The first-order valence-corrected chi connectivity index (χ1v) is 17.6. The SMILES string of the molecule is Cc1c(Nc2nccc3cc(CN4CCC(C(=O)O)CC4)cnc23)cccc1-c1cccc(-c2nc3cc(CNC[C@H](C)O)cc(C#N)c3o2)c1C. The van der Waals surface area contributed by atoms with Crippen LogP contribution in [0.4, 0.5) is 11.5 Å². The molecule has 0 saturated carbocycles. The smallest absolute Gasteiger partial charge is 0.306 e. The van der Waals surface area contributed by atoms with Gasteiger partial charge in [-0.3, -0.25) is 14.7 Å². The number of anilines is 2. The number of nitrogens with zero attached hydrogens (tertiary/aromatic N) is 5. The molecule has 7 rings (SSSR count). The van der Waals surface area contributed by atoms with Gasteiger partial charge in [-0.05, 0) is 116 Å². The zero-order chi connectivity index (χ0) is 36.4. The van der Waals surface area contributed by atoms with Gasteiger partial charge in [-0.15, -0.1) is 0 Å². The molecule has 1 atom stereocenters. The number of carboxylic acids is 1. The molecule has 52 heavy (non-hydrogen) atoms. The molecule has 3 aromatic heterocycles. The van der Waals surface area contributed by atoms with Crippen molar-refractivity contribution in [1.29, 1.82) is 5.26 Å². The molecule has 6 aromatic rings. The molecule has 0 spiro atoms. The molecule has 0 aliphatic carbocycles. The summed E-state index contributed by atoms with van der Waals surface area (Å²) >= 11 is 0. The van der Waals surface area contributed by atoms with Crippen LogP contribution in [0.5, 0.6) is 0 Å². The number of carboxylic acid groups (broad SMARTS) is 1. The third kappa shape index (κ3) is 7.22. The first-order chi connectivity index (χ1) is 25.2. The number of hydrogen-bond acceptors (Lipinski definition) is 10. The Kier molecular flexibility index (Phi) is 9.96. The second-order valence-electron chi connectivity index (χ2n) is 13.6. The number of aliphatic carboxylic acids is 1. The molecule has 0 radical (unpaired) electrons. The molecule has 1 saturated heterocycles. The Balaban J connectivity index is 1.14. The van der Waals surface area contributed by atoms with Gasteiger partial charge in [-0.2, -0.15) is 5.26 Å². The van der Waals surface area contributed by atoms with Crippen LogP contribution in [-0.4, -0.2) is 61.8 Å². The van der Waals surface area contributed by atoms with Gasteiger partial charge in [0.15, 0.2) is 11.4 Å². The van der Waals surface area contributed by atoms with Crippen LogP contribution in [0.1, 0.15) is 47.6 Å². The van der Waals surface area contributed by atoms with Gasteiger partial charge < -0.3 is 25.3 Å². The molecular weight excluding hydrogens is 654 g/mol. The van der Waals surface area contributed by atoms with Crippen LogP contribution in [0.15, 0.2) is 77.5 Å². The summed E-state index contributed by atoms with van der Waals surface area (Å²) in [5.41, 5.74) is 10.1. The zero-order valence-electron chi connectivity index (χ0n) is 29.5. The fourth-order valence-electron chi connectivity index (χ4n) is 7.05. The number of nitrogens with one attached hydrogen (secondary N) is 2. The number of likely N-dealkylation sites (tertiary alicyclic amines) is 1. The van der Waals surface area contributed by atoms with Gasteiger partial charge in [-0.25, -0.2) is 9.97 Å². The summed E-state index contributed by atoms with van der Waals surface area (Å²) in [5.74, 6) is 0.158. The molecule has 1 aliphatic heterocycles. The Morgan fingerprint density at radius 3 is 2.52 bits per heavy atom. The Hall–Kier alpha value is -5.67. The maximum Gasteiger partial charge on any atom is 0.306 e. The van der Waals surface area contributed by atoms with Gasteiger partial charge in [-0.1, -0.05) is 24.3 Å². The molecule has 0 unspecified atom stereocenters. The van der Waals surface area contributed by atoms with Crippen LogP contribution in [0, 0.1) is 31.1 Å². The number of fused-ring (bicyclic) bond motifs is 2. The Morgan fingerprint density at radius 1 is 1.02 bits per heavy atom. The van der Waals surface area contributed by atoms with E-state index in [0.29, 0.717) is 54.3 Å². The molecule has 0 bridgehead atoms. The van der Waals surface area contributed by atoms with E-state index in [4.69, 9.17) is 14.4 Å². The van der Waals surface area contributed by atoms with Crippen LogP contribution in [-0.2, 0) is 17.9 Å². The summed E-state index contributed by atoms with van der Waals surface area (Å²) in [6, 6.07) is 22.3. The van der Waals surface area contributed by atoms with Crippen molar-refractivity contribution in [3.63, 3.8) is 0 Å². The molecule has 264 valence electrons. The molecule has 11 heteroatoms. The number of rotatable bonds is 11. The molecule has 11 nitrogen and oxygen atoms in total. The third-order valence-electron chi connectivity index (χ3n) is 9.88. The Labute approximate surface area is 302 Å². The average molecular weight is 696 g/mol. The maximum absolute atomic E-state index is 11.4. The van der Waals surface area contributed by atoms with Gasteiger partial charge >= 0.3 is 5.97 Å². The minimum absolute atomic E-state index is 0.252. The lowest BCUT2D eigenvalue weighted by molar-refractivity contribution is -0.143. The van der Waals surface area contributed by atoms with E-state index >= 15 is 0 Å². The highest BCUT2D eigenvalue weighted by atomic mass is 16.4. The number of aliphatic hydroxyl groups excluding tert-OH is 1. The van der Waals surface area contributed by atoms with Crippen LogP contribution in [0.2, 0.25) is 0 Å². The number of hydrogen-bond donors (Lipinski definition) is 4. The predicted octanol–water partition coefficient (Wildman–Crippen LogP) is 7.10. The minimum Gasteiger partial charge on any atom is -0.481 e. The van der Waals surface area contributed by atoms with Crippen molar-refractivity contribution < 1.29 is 19.4 Å². The normalized spacial score (nSPS) is 14.4. The highest BCUT2D eigenvalue weighted by Crippen LogP contribution is 2.37. The quantitative estimate of drug-likeness (QED) is 0.109. The van der Waals surface area contributed by atoms with Gasteiger partial charge in [0.25, 0.3) is 0 Å². The van der Waals surface area contributed by atoms with Gasteiger partial charge in [0.05, 0.1) is 17.6 Å². The van der Waals surface area contributed by atoms with E-state index in [1.165, 1.54) is 0 Å². The summed E-state index contributed by atoms with van der Waals surface area (Å²) in [5, 5.41) is 36.5. The van der Waals surface area contributed by atoms with Crippen LogP contribution in [0.25, 0.3) is 44.6 Å². The van der Waals surface area contributed by atoms with E-state index in [0.717, 1.165) is 75.2 Å². The van der Waals surface area contributed by atoms with Crippen molar-refractivity contribution in [3.8, 4) is 28.7 Å². The third-order valence-corrected chi connectivity index (χ3v) is 9.88. The van der Waals surface area contributed by atoms with Crippen molar-refractivity contribution in [2.45, 2.75) is 52.8 Å². The fraction of sp³-hybridized carbons (Fsp3) is 0.293. The Bertz CT molecular complexity index is 2320. The summed E-state index contributed by atoms with van der Waals surface area (Å²) in [6.45, 7) is 9.06. The highest BCUT2D eigenvalue weighted by molar-refractivity contribution is 5.91. The number of benzene rings is 3. The summed E-state index contributed by atoms with van der Waals surface area (Å²) in [7, 11) is 0. The zero-order valence-corrected chi connectivity index (χ0v) is 29.5. The lowest BCUT2D eigenvalue weighted by Crippen LogP contribution is -2.35. The Morgan fingerprint density at radius 2 is 1.77 bits per heavy atom. The maximum atomic E-state index is 11.4. The number of oxazole rings is 1. The fourth-order valence-corrected chi connectivity index (χ4v) is 7.05. The monoisotopic (exact) mass is 695 g/mol. The first kappa shape index (κ1) is 34.8. The number of pyridine rings is 2. The standard InChI is InChI=1S/C41H41N7O4/c1-24(49)20-43-21-27-16-31(19-42)38-36(18-27)47-40(52-38)34-8-4-6-32(25(34)2)33-7-5-9-35(26(33)3)46-39-37-30(10-13-44-39)17-28(22-45-37)23-48-14-11-29(12-15-48)41(50)51/h4-10,13,16-18,22,24,29,43,49H,11-12,14-15,20-21,23H2,1-3H3,(H,44,46)(H,50,51)/t24-/m0/s1.